The van der Waals surface area contributed by atoms with E-state index in [1.807, 2.05) is 17.4 Å². The SMILES string of the molecule is c1ccc2cc3c(cc2c1)c1cc2ccccc2cc1n3-c1cc(C2=NC(c3cccc4sc5ccccc5c34)=NC(c3cccc4ccccc34)N2)c2c(c1)oc1ccccc12. The van der Waals surface area contributed by atoms with E-state index in [2.05, 4.69) is 198 Å². The molecule has 10 aromatic carbocycles. The molecule has 63 heavy (non-hydrogen) atoms. The standard InChI is InChI=1S/C57H34N4OS/c1-3-16-36-29-47-44(27-34(36)14-1)45-28-35-15-2-4-17-37(35)30-48(45)61(47)38-31-46(53-41-20-7-9-24-49(41)62-50(53)32-38)57-59-55(40-22-11-18-33-13-5-6-19-39(33)40)58-56(60-57)43-23-12-26-52-54(43)42-21-8-10-25-51(42)63-52/h1-32,55H,(H,58,59,60). The van der Waals surface area contributed by atoms with Crippen molar-refractivity contribution in [2.45, 2.75) is 6.17 Å². The third kappa shape index (κ3) is 5.22. The molecular formula is C57H34N4OS. The van der Waals surface area contributed by atoms with E-state index in [9.17, 15) is 0 Å². The molecule has 0 saturated carbocycles. The third-order valence-corrected chi connectivity index (χ3v) is 14.1. The number of furan rings is 1. The number of rotatable bonds is 4. The van der Waals surface area contributed by atoms with E-state index in [0.29, 0.717) is 5.84 Å². The summed E-state index contributed by atoms with van der Waals surface area (Å²) >= 11 is 1.81. The highest BCUT2D eigenvalue weighted by Crippen LogP contribution is 2.42. The maximum Gasteiger partial charge on any atom is 0.160 e. The molecule has 0 bridgehead atoms. The van der Waals surface area contributed by atoms with Gasteiger partial charge in [-0.25, -0.2) is 9.98 Å². The Morgan fingerprint density at radius 3 is 1.83 bits per heavy atom. The van der Waals surface area contributed by atoms with Gasteiger partial charge in [0.2, 0.25) is 0 Å². The van der Waals surface area contributed by atoms with Gasteiger partial charge in [0.1, 0.15) is 23.2 Å². The molecule has 1 aliphatic heterocycles. The summed E-state index contributed by atoms with van der Waals surface area (Å²) in [5.41, 5.74) is 7.92. The fourth-order valence-corrected chi connectivity index (χ4v) is 11.3. The van der Waals surface area contributed by atoms with Gasteiger partial charge < -0.3 is 14.3 Å². The quantitative estimate of drug-likeness (QED) is 0.192. The predicted molar refractivity (Wildman–Crippen MR) is 265 cm³/mol. The van der Waals surface area contributed by atoms with Crippen LogP contribution in [0.2, 0.25) is 0 Å². The van der Waals surface area contributed by atoms with E-state index < -0.39 is 6.17 Å². The summed E-state index contributed by atoms with van der Waals surface area (Å²) in [6, 6.07) is 69.7. The van der Waals surface area contributed by atoms with Crippen LogP contribution in [-0.2, 0) is 0 Å². The zero-order chi connectivity index (χ0) is 41.2. The maximum absolute atomic E-state index is 6.84. The lowest BCUT2D eigenvalue weighted by Crippen LogP contribution is -2.34. The summed E-state index contributed by atoms with van der Waals surface area (Å²) in [6.45, 7) is 0. The minimum Gasteiger partial charge on any atom is -0.456 e. The van der Waals surface area contributed by atoms with Gasteiger partial charge in [-0.05, 0) is 80.8 Å². The van der Waals surface area contributed by atoms with Crippen molar-refractivity contribution in [2.24, 2.45) is 9.98 Å². The molecule has 0 saturated heterocycles. The number of benzene rings is 10. The Bertz CT molecular complexity index is 4050. The van der Waals surface area contributed by atoms with Gasteiger partial charge in [-0.2, -0.15) is 0 Å². The highest BCUT2D eigenvalue weighted by atomic mass is 32.1. The Kier molecular flexibility index (Phi) is 7.27. The zero-order valence-corrected chi connectivity index (χ0v) is 34.5. The minimum absolute atomic E-state index is 0.429. The predicted octanol–water partition coefficient (Wildman–Crippen LogP) is 15.0. The Hall–Kier alpha value is -8.06. The van der Waals surface area contributed by atoms with Crippen LogP contribution in [0.1, 0.15) is 22.9 Å². The first kappa shape index (κ1) is 34.6. The Morgan fingerprint density at radius 2 is 1.06 bits per heavy atom. The molecule has 6 heteroatoms. The van der Waals surface area contributed by atoms with Crippen LogP contribution in [0.15, 0.2) is 209 Å². The molecule has 1 aliphatic rings. The summed E-state index contributed by atoms with van der Waals surface area (Å²) < 4.78 is 11.7. The molecule has 0 amide bonds. The number of fused-ring (bicyclic) bond motifs is 12. The number of hydrogen-bond donors (Lipinski definition) is 1. The first-order chi connectivity index (χ1) is 31.2. The van der Waals surface area contributed by atoms with Crippen LogP contribution in [0.25, 0.3) is 102 Å². The normalized spacial score (nSPS) is 14.5. The fourth-order valence-electron chi connectivity index (χ4n) is 10.1. The molecular weight excluding hydrogens is 789 g/mol. The van der Waals surface area contributed by atoms with Crippen molar-refractivity contribution in [1.29, 1.82) is 0 Å². The summed E-state index contributed by atoms with van der Waals surface area (Å²) in [4.78, 5) is 11.1. The van der Waals surface area contributed by atoms with Crippen LogP contribution in [0.4, 0.5) is 0 Å². The van der Waals surface area contributed by atoms with Crippen molar-refractivity contribution < 1.29 is 4.42 Å². The molecule has 0 aliphatic carbocycles. The van der Waals surface area contributed by atoms with Gasteiger partial charge in [0.15, 0.2) is 5.84 Å². The van der Waals surface area contributed by atoms with Crippen LogP contribution >= 0.6 is 11.3 Å². The lowest BCUT2D eigenvalue weighted by Gasteiger charge is -2.25. The second kappa shape index (κ2) is 13.2. The topological polar surface area (TPSA) is 54.8 Å². The van der Waals surface area contributed by atoms with Crippen molar-refractivity contribution in [3.8, 4) is 5.69 Å². The van der Waals surface area contributed by atoms with Gasteiger partial charge in [0, 0.05) is 64.5 Å². The number of para-hydroxylation sites is 1. The number of nitrogens with one attached hydrogen (secondary N) is 1. The van der Waals surface area contributed by atoms with Gasteiger partial charge in [0.25, 0.3) is 0 Å². The number of aromatic nitrogens is 1. The number of amidine groups is 2. The first-order valence-corrected chi connectivity index (χ1v) is 22.1. The third-order valence-electron chi connectivity index (χ3n) is 13.0. The monoisotopic (exact) mass is 822 g/mol. The van der Waals surface area contributed by atoms with Crippen LogP contribution < -0.4 is 5.32 Å². The molecule has 0 spiro atoms. The summed E-state index contributed by atoms with van der Waals surface area (Å²) in [6.07, 6.45) is -0.429. The zero-order valence-electron chi connectivity index (χ0n) is 33.7. The van der Waals surface area contributed by atoms with E-state index in [-0.39, 0.29) is 0 Å². The lowest BCUT2D eigenvalue weighted by molar-refractivity contribution is 0.668. The molecule has 1 unspecified atom stereocenters. The molecule has 5 nitrogen and oxygen atoms in total. The van der Waals surface area contributed by atoms with E-state index in [0.717, 1.165) is 66.6 Å². The van der Waals surface area contributed by atoms with Gasteiger partial charge >= 0.3 is 0 Å². The number of nitrogens with zero attached hydrogens (tertiary/aromatic N) is 3. The van der Waals surface area contributed by atoms with Crippen molar-refractivity contribution in [1.82, 2.24) is 9.88 Å². The van der Waals surface area contributed by atoms with Crippen LogP contribution in [0, 0.1) is 0 Å². The van der Waals surface area contributed by atoms with Crippen LogP contribution in [0.5, 0.6) is 0 Å². The van der Waals surface area contributed by atoms with Gasteiger partial charge in [0.05, 0.1) is 16.7 Å². The molecule has 0 fully saturated rings. The van der Waals surface area contributed by atoms with Crippen LogP contribution in [-0.4, -0.2) is 16.2 Å². The summed E-state index contributed by atoms with van der Waals surface area (Å²) in [5.74, 6) is 1.43. The number of hydrogen-bond acceptors (Lipinski definition) is 5. The molecule has 0 radical (unpaired) electrons. The smallest absolute Gasteiger partial charge is 0.160 e. The van der Waals surface area contributed by atoms with Gasteiger partial charge in [-0.3, -0.25) is 0 Å². The van der Waals surface area contributed by atoms with Crippen molar-refractivity contribution in [2.75, 3.05) is 0 Å². The second-order valence-corrected chi connectivity index (χ2v) is 17.6. The highest BCUT2D eigenvalue weighted by Gasteiger charge is 2.28. The summed E-state index contributed by atoms with van der Waals surface area (Å²) in [5, 5.41) is 17.9. The number of thiophene rings is 1. The highest BCUT2D eigenvalue weighted by molar-refractivity contribution is 7.25. The molecule has 14 rings (SSSR count). The molecule has 1 N–H and O–H groups in total. The molecule has 13 aromatic rings. The van der Waals surface area contributed by atoms with Gasteiger partial charge in [-0.15, -0.1) is 11.3 Å². The second-order valence-electron chi connectivity index (χ2n) is 16.5. The fraction of sp³-hybridized carbons (Fsp3) is 0.0175. The maximum atomic E-state index is 6.84. The Balaban J connectivity index is 1.08. The van der Waals surface area contributed by atoms with Gasteiger partial charge in [-0.1, -0.05) is 140 Å². The molecule has 294 valence electrons. The minimum atomic E-state index is -0.429. The van der Waals surface area contributed by atoms with E-state index >= 15 is 0 Å². The van der Waals surface area contributed by atoms with Crippen molar-refractivity contribution in [3.05, 3.63) is 211 Å². The largest absolute Gasteiger partial charge is 0.456 e. The molecule has 3 aromatic heterocycles. The average molecular weight is 823 g/mol. The molecule has 1 atom stereocenters. The van der Waals surface area contributed by atoms with E-state index in [1.54, 1.807) is 0 Å². The summed E-state index contributed by atoms with van der Waals surface area (Å²) in [7, 11) is 0. The Labute approximate surface area is 364 Å². The van der Waals surface area contributed by atoms with E-state index in [4.69, 9.17) is 14.4 Å². The average Bonchev–Trinajstić information content (AvgIpc) is 4.01. The lowest BCUT2D eigenvalue weighted by atomic mass is 9.99. The van der Waals surface area contributed by atoms with Crippen molar-refractivity contribution in [3.63, 3.8) is 0 Å². The van der Waals surface area contributed by atoms with Crippen LogP contribution in [0.3, 0.4) is 0 Å². The van der Waals surface area contributed by atoms with Crippen molar-refractivity contribution >= 4 is 119 Å². The molecule has 4 heterocycles. The first-order valence-electron chi connectivity index (χ1n) is 21.3. The number of aliphatic imine (C=N–C) groups is 2. The Morgan fingerprint density at radius 1 is 0.460 bits per heavy atom. The van der Waals surface area contributed by atoms with E-state index in [1.165, 1.54) is 57.9 Å².